The lowest BCUT2D eigenvalue weighted by molar-refractivity contribution is 0.571. The van der Waals surface area contributed by atoms with E-state index in [9.17, 15) is 0 Å². The maximum atomic E-state index is 8.77. The molecule has 0 saturated heterocycles. The Morgan fingerprint density at radius 1 is 1.50 bits per heavy atom. The summed E-state index contributed by atoms with van der Waals surface area (Å²) >= 11 is 0. The van der Waals surface area contributed by atoms with E-state index in [2.05, 4.69) is 24.4 Å². The van der Waals surface area contributed by atoms with Crippen LogP contribution in [0.1, 0.15) is 36.9 Å². The van der Waals surface area contributed by atoms with Crippen LogP contribution in [0.4, 0.5) is 0 Å². The van der Waals surface area contributed by atoms with Crippen LogP contribution in [0.5, 0.6) is 0 Å². The van der Waals surface area contributed by atoms with Gasteiger partial charge in [0.1, 0.15) is 0 Å². The van der Waals surface area contributed by atoms with Crippen molar-refractivity contribution in [1.82, 2.24) is 5.32 Å². The van der Waals surface area contributed by atoms with Gasteiger partial charge in [0.2, 0.25) is 0 Å². The molecule has 0 heterocycles. The Morgan fingerprint density at radius 2 is 2.29 bits per heavy atom. The van der Waals surface area contributed by atoms with E-state index in [1.165, 1.54) is 18.4 Å². The van der Waals surface area contributed by atoms with E-state index in [1.54, 1.807) is 0 Å². The Labute approximate surface area is 84.6 Å². The Bertz CT molecular complexity index is 361. The van der Waals surface area contributed by atoms with Gasteiger partial charge in [0.05, 0.1) is 11.6 Å². The second-order valence-corrected chi connectivity index (χ2v) is 3.90. The van der Waals surface area contributed by atoms with Gasteiger partial charge in [-0.15, -0.1) is 0 Å². The van der Waals surface area contributed by atoms with Crippen LogP contribution in [-0.2, 0) is 0 Å². The van der Waals surface area contributed by atoms with Gasteiger partial charge in [-0.05, 0) is 37.5 Å². The van der Waals surface area contributed by atoms with Crippen LogP contribution in [0.2, 0.25) is 0 Å². The monoisotopic (exact) mass is 186 g/mol. The summed E-state index contributed by atoms with van der Waals surface area (Å²) in [4.78, 5) is 0. The topological polar surface area (TPSA) is 35.8 Å². The van der Waals surface area contributed by atoms with Crippen LogP contribution >= 0.6 is 0 Å². The fourth-order valence-corrected chi connectivity index (χ4v) is 1.58. The maximum Gasteiger partial charge on any atom is 0.0991 e. The first-order chi connectivity index (χ1) is 6.79. The summed E-state index contributed by atoms with van der Waals surface area (Å²) in [7, 11) is 0. The van der Waals surface area contributed by atoms with Gasteiger partial charge in [-0.3, -0.25) is 0 Å². The number of nitrogens with one attached hydrogen (secondary N) is 1. The lowest BCUT2D eigenvalue weighted by Gasteiger charge is -2.13. The molecule has 0 aromatic heterocycles. The van der Waals surface area contributed by atoms with Gasteiger partial charge in [-0.2, -0.15) is 5.26 Å². The number of rotatable bonds is 3. The molecule has 1 aliphatic carbocycles. The molecule has 1 fully saturated rings. The summed E-state index contributed by atoms with van der Waals surface area (Å²) in [6.45, 7) is 2.15. The molecule has 0 bridgehead atoms. The zero-order valence-corrected chi connectivity index (χ0v) is 8.33. The highest BCUT2D eigenvalue weighted by molar-refractivity contribution is 5.34. The van der Waals surface area contributed by atoms with Crippen molar-refractivity contribution in [3.05, 3.63) is 35.4 Å². The summed E-state index contributed by atoms with van der Waals surface area (Å²) in [6.07, 6.45) is 2.59. The highest BCUT2D eigenvalue weighted by Gasteiger charge is 2.23. The second kappa shape index (κ2) is 3.81. The first kappa shape index (κ1) is 9.23. The third-order valence-corrected chi connectivity index (χ3v) is 2.58. The first-order valence-corrected chi connectivity index (χ1v) is 5.05. The van der Waals surface area contributed by atoms with Crippen LogP contribution < -0.4 is 5.32 Å². The minimum absolute atomic E-state index is 0.357. The van der Waals surface area contributed by atoms with Crippen molar-refractivity contribution in [2.75, 3.05) is 0 Å². The summed E-state index contributed by atoms with van der Waals surface area (Å²) in [5.41, 5.74) is 1.95. The second-order valence-electron chi connectivity index (χ2n) is 3.90. The zero-order chi connectivity index (χ0) is 9.97. The molecule has 0 spiro atoms. The summed E-state index contributed by atoms with van der Waals surface area (Å²) in [6, 6.07) is 11.0. The van der Waals surface area contributed by atoms with Gasteiger partial charge in [0.15, 0.2) is 0 Å². The average Bonchev–Trinajstić information content (AvgIpc) is 3.02. The van der Waals surface area contributed by atoms with Gasteiger partial charge < -0.3 is 5.32 Å². The molecule has 14 heavy (non-hydrogen) atoms. The number of nitrogens with zero attached hydrogens (tertiary/aromatic N) is 1. The van der Waals surface area contributed by atoms with Gasteiger partial charge in [-0.25, -0.2) is 0 Å². The number of nitriles is 1. The molecule has 1 aromatic rings. The smallest absolute Gasteiger partial charge is 0.0991 e. The van der Waals surface area contributed by atoms with E-state index in [-0.39, 0.29) is 0 Å². The Morgan fingerprint density at radius 3 is 2.93 bits per heavy atom. The molecule has 1 N–H and O–H groups in total. The largest absolute Gasteiger partial charge is 0.307 e. The van der Waals surface area contributed by atoms with Crippen molar-refractivity contribution in [2.45, 2.75) is 31.8 Å². The minimum atomic E-state index is 0.357. The van der Waals surface area contributed by atoms with E-state index >= 15 is 0 Å². The Hall–Kier alpha value is -1.33. The molecule has 2 nitrogen and oxygen atoms in total. The predicted octanol–water partition coefficient (Wildman–Crippen LogP) is 2.37. The van der Waals surface area contributed by atoms with Crippen molar-refractivity contribution < 1.29 is 0 Å². The number of hydrogen-bond donors (Lipinski definition) is 1. The normalized spacial score (nSPS) is 17.4. The SMILES string of the molecule is C[C@H](NC1CC1)c1cccc(C#N)c1. The van der Waals surface area contributed by atoms with Gasteiger partial charge in [-0.1, -0.05) is 12.1 Å². The van der Waals surface area contributed by atoms with Crippen LogP contribution in [0, 0.1) is 11.3 Å². The van der Waals surface area contributed by atoms with E-state index in [0.717, 1.165) is 5.56 Å². The predicted molar refractivity (Wildman–Crippen MR) is 55.7 cm³/mol. The quantitative estimate of drug-likeness (QED) is 0.786. The van der Waals surface area contributed by atoms with E-state index < -0.39 is 0 Å². The van der Waals surface area contributed by atoms with E-state index in [4.69, 9.17) is 5.26 Å². The van der Waals surface area contributed by atoms with Crippen LogP contribution in [-0.4, -0.2) is 6.04 Å². The van der Waals surface area contributed by atoms with Crippen molar-refractivity contribution >= 4 is 0 Å². The summed E-state index contributed by atoms with van der Waals surface area (Å²) in [5.74, 6) is 0. The molecule has 2 heteroatoms. The van der Waals surface area contributed by atoms with Crippen molar-refractivity contribution in [3.63, 3.8) is 0 Å². The van der Waals surface area contributed by atoms with Gasteiger partial charge in [0.25, 0.3) is 0 Å². The first-order valence-electron chi connectivity index (χ1n) is 5.05. The summed E-state index contributed by atoms with van der Waals surface area (Å²) in [5, 5.41) is 12.3. The molecular formula is C12H14N2. The van der Waals surface area contributed by atoms with Gasteiger partial charge in [0, 0.05) is 12.1 Å². The highest BCUT2D eigenvalue weighted by Crippen LogP contribution is 2.24. The van der Waals surface area contributed by atoms with Crippen molar-refractivity contribution in [1.29, 1.82) is 5.26 Å². The molecule has 0 amide bonds. The fraction of sp³-hybridized carbons (Fsp3) is 0.417. The molecule has 0 radical (unpaired) electrons. The third kappa shape index (κ3) is 2.12. The standard InChI is InChI=1S/C12H14N2/c1-9(14-12-5-6-12)11-4-2-3-10(7-11)8-13/h2-4,7,9,12,14H,5-6H2,1H3/t9-/m0/s1. The lowest BCUT2D eigenvalue weighted by atomic mass is 10.1. The zero-order valence-electron chi connectivity index (χ0n) is 8.33. The minimum Gasteiger partial charge on any atom is -0.307 e. The maximum absolute atomic E-state index is 8.77. The molecule has 1 atom stereocenters. The molecule has 1 aliphatic rings. The Balaban J connectivity index is 2.09. The van der Waals surface area contributed by atoms with Crippen molar-refractivity contribution in [3.8, 4) is 6.07 Å². The molecule has 1 saturated carbocycles. The average molecular weight is 186 g/mol. The third-order valence-electron chi connectivity index (χ3n) is 2.58. The van der Waals surface area contributed by atoms with Crippen LogP contribution in [0.25, 0.3) is 0 Å². The molecule has 2 rings (SSSR count). The molecule has 72 valence electrons. The number of hydrogen-bond acceptors (Lipinski definition) is 2. The highest BCUT2D eigenvalue weighted by atomic mass is 15.0. The lowest BCUT2D eigenvalue weighted by Crippen LogP contribution is -2.20. The molecule has 1 aromatic carbocycles. The van der Waals surface area contributed by atoms with Crippen molar-refractivity contribution in [2.24, 2.45) is 0 Å². The number of benzene rings is 1. The molecule has 0 aliphatic heterocycles. The van der Waals surface area contributed by atoms with Crippen LogP contribution in [0.15, 0.2) is 24.3 Å². The molecular weight excluding hydrogens is 172 g/mol. The molecule has 0 unspecified atom stereocenters. The Kier molecular flexibility index (Phi) is 2.51. The fourth-order valence-electron chi connectivity index (χ4n) is 1.58. The van der Waals surface area contributed by atoms with Gasteiger partial charge >= 0.3 is 0 Å². The van der Waals surface area contributed by atoms with E-state index in [1.807, 2.05) is 18.2 Å². The van der Waals surface area contributed by atoms with Crippen LogP contribution in [0.3, 0.4) is 0 Å². The summed E-state index contributed by atoms with van der Waals surface area (Å²) < 4.78 is 0. The van der Waals surface area contributed by atoms with E-state index in [0.29, 0.717) is 12.1 Å².